The van der Waals surface area contributed by atoms with Crippen molar-refractivity contribution in [2.24, 2.45) is 10.7 Å². The first-order valence-corrected chi connectivity index (χ1v) is 19.0. The van der Waals surface area contributed by atoms with Crippen molar-refractivity contribution in [3.63, 3.8) is 0 Å². The predicted molar refractivity (Wildman–Crippen MR) is 202 cm³/mol. The number of aliphatic hydroxyl groups excluding tert-OH is 1. The Kier molecular flexibility index (Phi) is 16.2. The normalized spacial score (nSPS) is 20.4. The molecule has 7 nitrogen and oxygen atoms in total. The molecule has 0 bridgehead atoms. The minimum Gasteiger partial charge on any atom is -0.507 e. The smallest absolute Gasteiger partial charge is 0.287 e. The third-order valence-corrected chi connectivity index (χ3v) is 10.3. The van der Waals surface area contributed by atoms with Crippen molar-refractivity contribution in [1.29, 1.82) is 0 Å². The van der Waals surface area contributed by atoms with E-state index < -0.39 is 6.10 Å². The highest BCUT2D eigenvalue weighted by atomic mass is 35.5. The second-order valence-corrected chi connectivity index (χ2v) is 14.2. The molecule has 1 aliphatic carbocycles. The molecule has 0 amide bonds. The molecular formula is C41H58ClN3O4. The predicted octanol–water partition coefficient (Wildman–Crippen LogP) is 9.25. The number of phenols is 1. The number of hydrogen-bond donors (Lipinski definition) is 3. The molecule has 0 spiro atoms. The number of hydrogen-bond acceptors (Lipinski definition) is 6. The van der Waals surface area contributed by atoms with Crippen LogP contribution in [0.15, 0.2) is 59.6 Å². The van der Waals surface area contributed by atoms with Gasteiger partial charge in [0.15, 0.2) is 5.78 Å². The van der Waals surface area contributed by atoms with Crippen molar-refractivity contribution in [3.8, 4) is 11.5 Å². The van der Waals surface area contributed by atoms with Gasteiger partial charge in [0, 0.05) is 42.1 Å². The lowest BCUT2D eigenvalue weighted by atomic mass is 9.73. The van der Waals surface area contributed by atoms with E-state index in [4.69, 9.17) is 22.1 Å². The lowest BCUT2D eigenvalue weighted by molar-refractivity contribution is 0.0626. The fraction of sp³-hybridized carbons (Fsp3) is 0.561. The first-order valence-electron chi connectivity index (χ1n) is 18.6. The van der Waals surface area contributed by atoms with E-state index in [-0.39, 0.29) is 35.8 Å². The zero-order chi connectivity index (χ0) is 35.0. The van der Waals surface area contributed by atoms with Crippen molar-refractivity contribution in [2.45, 2.75) is 121 Å². The van der Waals surface area contributed by atoms with E-state index >= 15 is 0 Å². The number of benzene rings is 2. The number of aliphatic hydroxyl groups is 1. The fourth-order valence-electron chi connectivity index (χ4n) is 7.26. The highest BCUT2D eigenvalue weighted by Crippen LogP contribution is 2.47. The highest BCUT2D eigenvalue weighted by Gasteiger charge is 2.38. The highest BCUT2D eigenvalue weighted by molar-refractivity contribution is 6.31. The average Bonchev–Trinajstić information content (AvgIpc) is 3.07. The van der Waals surface area contributed by atoms with Crippen LogP contribution >= 0.6 is 11.6 Å². The second-order valence-electron chi connectivity index (χ2n) is 13.8. The number of fused-ring (bicyclic) bond motifs is 1. The molecule has 2 unspecified atom stereocenters. The maximum atomic E-state index is 13.5. The molecule has 2 aliphatic rings. The van der Waals surface area contributed by atoms with Crippen molar-refractivity contribution < 1.29 is 19.7 Å². The minimum atomic E-state index is -0.665. The summed E-state index contributed by atoms with van der Waals surface area (Å²) >= 11 is 6.57. The number of ketones is 1. The standard InChI is InChI=1S/C41H58ClN3O4/c1-3-4-5-6-7-8-9-10-11-12-13-14-15-16-17-20-24-44-41(43)49-38-28-36(47)40-33(39(38)32-23-25-45(2)29-37(32)48)26-30(27-35(40)46)31-21-18-19-22-34(31)42/h7-8,10-11,18-19,21-22,28,30,32,37,47-48H,3-6,9,12-17,20,23-27,29H2,1-2H3,(H2,43,44)/b8-7-,11-10-/t30?,32?,37-/m0/s1. The summed E-state index contributed by atoms with van der Waals surface area (Å²) in [4.78, 5) is 20.1. The maximum absolute atomic E-state index is 13.5. The van der Waals surface area contributed by atoms with Gasteiger partial charge in [-0.3, -0.25) is 4.79 Å². The Balaban J connectivity index is 1.32. The van der Waals surface area contributed by atoms with E-state index in [0.717, 1.165) is 49.8 Å². The zero-order valence-electron chi connectivity index (χ0n) is 29.7. The van der Waals surface area contributed by atoms with Gasteiger partial charge < -0.3 is 25.6 Å². The fourth-order valence-corrected chi connectivity index (χ4v) is 7.55. The molecule has 1 aliphatic heterocycles. The molecule has 1 saturated heterocycles. The quantitative estimate of drug-likeness (QED) is 0.0623. The van der Waals surface area contributed by atoms with E-state index in [1.165, 1.54) is 51.0 Å². The van der Waals surface area contributed by atoms with Crippen molar-refractivity contribution in [3.05, 3.63) is 81.9 Å². The summed E-state index contributed by atoms with van der Waals surface area (Å²) in [5.74, 6) is -0.343. The zero-order valence-corrected chi connectivity index (χ0v) is 30.5. The van der Waals surface area contributed by atoms with Gasteiger partial charge in [0.2, 0.25) is 0 Å². The van der Waals surface area contributed by atoms with Crippen molar-refractivity contribution >= 4 is 23.4 Å². The summed E-state index contributed by atoms with van der Waals surface area (Å²) < 4.78 is 6.14. The Morgan fingerprint density at radius 1 is 1.02 bits per heavy atom. The van der Waals surface area contributed by atoms with E-state index in [0.29, 0.717) is 47.8 Å². The Labute approximate surface area is 299 Å². The third kappa shape index (κ3) is 11.7. The number of aromatic hydroxyl groups is 1. The number of nitrogens with two attached hydrogens (primary N) is 1. The Morgan fingerprint density at radius 3 is 2.43 bits per heavy atom. The van der Waals surface area contributed by atoms with Crippen LogP contribution in [0, 0.1) is 0 Å². The minimum absolute atomic E-state index is 0.0235. The second kappa shape index (κ2) is 20.5. The number of Topliss-reactive ketones (excluding diaryl/α,β-unsaturated/α-hetero) is 1. The Bertz CT molecular complexity index is 1440. The van der Waals surface area contributed by atoms with E-state index in [1.807, 2.05) is 31.3 Å². The summed E-state index contributed by atoms with van der Waals surface area (Å²) in [6.07, 6.45) is 24.0. The molecule has 2 aromatic carbocycles. The van der Waals surface area contributed by atoms with Gasteiger partial charge in [0.25, 0.3) is 6.02 Å². The third-order valence-electron chi connectivity index (χ3n) is 9.92. The number of carbonyl (C=O) groups is 1. The molecule has 3 atom stereocenters. The van der Waals surface area contributed by atoms with Gasteiger partial charge in [-0.15, -0.1) is 0 Å². The van der Waals surface area contributed by atoms with Crippen LogP contribution in [0.3, 0.4) is 0 Å². The van der Waals surface area contributed by atoms with Crippen LogP contribution in [0.25, 0.3) is 0 Å². The maximum Gasteiger partial charge on any atom is 0.287 e. The van der Waals surface area contributed by atoms with Crippen molar-refractivity contribution in [2.75, 3.05) is 26.7 Å². The molecule has 4 rings (SSSR count). The molecule has 1 heterocycles. The monoisotopic (exact) mass is 691 g/mol. The largest absolute Gasteiger partial charge is 0.507 e. The Hall–Kier alpha value is -3.13. The number of likely N-dealkylation sites (tertiary alicyclic amines) is 1. The van der Waals surface area contributed by atoms with E-state index in [2.05, 4.69) is 41.1 Å². The number of phenolic OH excluding ortho intramolecular Hbond substituents is 1. The average molecular weight is 692 g/mol. The number of aliphatic imine (C=N–C) groups is 1. The summed E-state index contributed by atoms with van der Waals surface area (Å²) in [5, 5.41) is 23.0. The SMILES string of the molecule is CCCCC/C=C\C/C=C\CCCCCCCCN=C(N)Oc1cc(O)c2c(c1C1CCN(C)C[C@@H]1O)CC(c1ccccc1Cl)CC2=O. The lowest BCUT2D eigenvalue weighted by Crippen LogP contribution is -2.41. The number of unbranched alkanes of at least 4 members (excludes halogenated alkanes) is 9. The number of allylic oxidation sites excluding steroid dienone is 4. The Morgan fingerprint density at radius 2 is 1.71 bits per heavy atom. The van der Waals surface area contributed by atoms with Gasteiger partial charge in [0.1, 0.15) is 11.5 Å². The van der Waals surface area contributed by atoms with Gasteiger partial charge >= 0.3 is 0 Å². The topological polar surface area (TPSA) is 108 Å². The molecular weight excluding hydrogens is 634 g/mol. The summed E-state index contributed by atoms with van der Waals surface area (Å²) in [6.45, 7) is 4.08. The number of β-amino-alcohol motifs (C(OH)–C–C–N with tert-alkyl or cyclic N) is 1. The van der Waals surface area contributed by atoms with Crippen molar-refractivity contribution in [1.82, 2.24) is 4.90 Å². The number of nitrogens with zero attached hydrogens (tertiary/aromatic N) is 2. The molecule has 1 fully saturated rings. The van der Waals surface area contributed by atoms with E-state index in [9.17, 15) is 15.0 Å². The molecule has 268 valence electrons. The van der Waals surface area contributed by atoms with Crippen LogP contribution in [0.2, 0.25) is 5.02 Å². The summed E-state index contributed by atoms with van der Waals surface area (Å²) in [7, 11) is 1.98. The van der Waals surface area contributed by atoms with Crippen LogP contribution in [-0.4, -0.2) is 59.7 Å². The van der Waals surface area contributed by atoms with Gasteiger partial charge in [-0.1, -0.05) is 99.6 Å². The van der Waals surface area contributed by atoms with Gasteiger partial charge in [-0.2, -0.15) is 0 Å². The van der Waals surface area contributed by atoms with Gasteiger partial charge in [-0.05, 0) is 88.1 Å². The first-order chi connectivity index (χ1) is 23.8. The summed E-state index contributed by atoms with van der Waals surface area (Å²) in [5.41, 5.74) is 8.97. The molecule has 49 heavy (non-hydrogen) atoms. The first kappa shape index (κ1) is 38.7. The molecule has 0 saturated carbocycles. The molecule has 0 radical (unpaired) electrons. The van der Waals surface area contributed by atoms with Crippen LogP contribution in [0.4, 0.5) is 0 Å². The van der Waals surface area contributed by atoms with Gasteiger partial charge in [-0.25, -0.2) is 4.99 Å². The number of halogens is 1. The number of amidine groups is 1. The van der Waals surface area contributed by atoms with Crippen LogP contribution in [0.5, 0.6) is 11.5 Å². The molecule has 2 aromatic rings. The van der Waals surface area contributed by atoms with E-state index in [1.54, 1.807) is 0 Å². The number of likely N-dealkylation sites (N-methyl/N-ethyl adjacent to an activating group) is 1. The van der Waals surface area contributed by atoms with Crippen LogP contribution in [-0.2, 0) is 6.42 Å². The van der Waals surface area contributed by atoms with Crippen LogP contribution < -0.4 is 10.5 Å². The number of carbonyl (C=O) groups excluding carboxylic acids is 1. The number of rotatable bonds is 18. The van der Waals surface area contributed by atoms with Crippen LogP contribution in [0.1, 0.15) is 136 Å². The molecule has 0 aromatic heterocycles. The molecule has 4 N–H and O–H groups in total. The number of piperidine rings is 1. The van der Waals surface area contributed by atoms with Gasteiger partial charge in [0.05, 0.1) is 11.7 Å². The molecule has 8 heteroatoms. The number of ether oxygens (including phenoxy) is 1. The summed E-state index contributed by atoms with van der Waals surface area (Å²) in [6, 6.07) is 9.09. The lowest BCUT2D eigenvalue weighted by Gasteiger charge is -2.37.